The van der Waals surface area contributed by atoms with Gasteiger partial charge in [-0.1, -0.05) is 45.6 Å². The third kappa shape index (κ3) is 6.01. The Balaban J connectivity index is 0.000000352. The fraction of sp³-hybridized carbons (Fsp3) is 0.682. The van der Waals surface area contributed by atoms with Crippen molar-refractivity contribution < 1.29 is 0 Å². The number of anilines is 1. The van der Waals surface area contributed by atoms with Gasteiger partial charge in [-0.05, 0) is 75.9 Å². The third-order valence-electron chi connectivity index (χ3n) is 5.58. The van der Waals surface area contributed by atoms with E-state index in [0.29, 0.717) is 5.82 Å². The van der Waals surface area contributed by atoms with Crippen LogP contribution < -0.4 is 5.73 Å². The van der Waals surface area contributed by atoms with Crippen LogP contribution in [-0.2, 0) is 6.42 Å². The van der Waals surface area contributed by atoms with E-state index in [0.717, 1.165) is 23.2 Å². The maximum absolute atomic E-state index is 5.88. The van der Waals surface area contributed by atoms with Crippen LogP contribution in [0.4, 0.5) is 5.82 Å². The largest absolute Gasteiger partial charge is 0.382 e. The SMILES string of the molecule is CCCCCC.Cc1cc(CCC2CCN(C)CC2)cc2[nH]nc(N)c12. The van der Waals surface area contributed by atoms with E-state index in [1.807, 2.05) is 0 Å². The maximum atomic E-state index is 5.88. The molecule has 146 valence electrons. The number of hydrogen-bond donors (Lipinski definition) is 2. The second-order valence-electron chi connectivity index (χ2n) is 7.94. The Morgan fingerprint density at radius 2 is 1.81 bits per heavy atom. The molecule has 0 saturated carbocycles. The number of nitrogen functional groups attached to an aromatic ring is 1. The van der Waals surface area contributed by atoms with Gasteiger partial charge in [0.25, 0.3) is 0 Å². The number of aryl methyl sites for hydroxylation is 2. The Labute approximate surface area is 159 Å². The molecule has 0 bridgehead atoms. The van der Waals surface area contributed by atoms with Gasteiger partial charge in [0.15, 0.2) is 5.82 Å². The highest BCUT2D eigenvalue weighted by Crippen LogP contribution is 2.26. The molecule has 2 heterocycles. The Hall–Kier alpha value is -1.55. The summed E-state index contributed by atoms with van der Waals surface area (Å²) in [4.78, 5) is 2.43. The van der Waals surface area contributed by atoms with Gasteiger partial charge in [-0.2, -0.15) is 5.10 Å². The highest BCUT2D eigenvalue weighted by Gasteiger charge is 2.16. The molecule has 0 radical (unpaired) electrons. The molecular weight excluding hydrogens is 320 g/mol. The van der Waals surface area contributed by atoms with Crippen LogP contribution in [0.2, 0.25) is 0 Å². The molecule has 0 amide bonds. The van der Waals surface area contributed by atoms with Gasteiger partial charge in [-0.15, -0.1) is 0 Å². The molecule has 3 rings (SSSR count). The highest BCUT2D eigenvalue weighted by molar-refractivity contribution is 5.92. The summed E-state index contributed by atoms with van der Waals surface area (Å²) in [5, 5.41) is 8.21. The molecule has 1 aliphatic heterocycles. The molecule has 0 unspecified atom stereocenters. The normalized spacial score (nSPS) is 15.8. The number of aromatic nitrogens is 2. The number of hydrogen-bond acceptors (Lipinski definition) is 3. The summed E-state index contributed by atoms with van der Waals surface area (Å²) in [6, 6.07) is 4.48. The van der Waals surface area contributed by atoms with Crippen molar-refractivity contribution in [3.63, 3.8) is 0 Å². The summed E-state index contributed by atoms with van der Waals surface area (Å²) in [5.74, 6) is 1.49. The average Bonchev–Trinajstić information content (AvgIpc) is 3.01. The van der Waals surface area contributed by atoms with Crippen LogP contribution >= 0.6 is 0 Å². The summed E-state index contributed by atoms with van der Waals surface area (Å²) in [5.41, 5.74) is 9.58. The van der Waals surface area contributed by atoms with E-state index in [2.05, 4.69) is 55.0 Å². The van der Waals surface area contributed by atoms with Crippen LogP contribution in [0.1, 0.15) is 69.9 Å². The van der Waals surface area contributed by atoms with E-state index in [1.54, 1.807) is 0 Å². The first kappa shape index (κ1) is 20.8. The first-order valence-electron chi connectivity index (χ1n) is 10.5. The number of H-pyrrole nitrogens is 1. The average molecular weight is 359 g/mol. The minimum atomic E-state index is 0.611. The number of nitrogens with one attached hydrogen (secondary N) is 1. The highest BCUT2D eigenvalue weighted by atomic mass is 15.1. The number of nitrogens with two attached hydrogens (primary N) is 1. The van der Waals surface area contributed by atoms with Crippen LogP contribution in [0, 0.1) is 12.8 Å². The zero-order valence-electron chi connectivity index (χ0n) is 17.3. The van der Waals surface area contributed by atoms with Crippen LogP contribution in [0.5, 0.6) is 0 Å². The molecule has 0 spiro atoms. The Morgan fingerprint density at radius 1 is 1.15 bits per heavy atom. The number of benzene rings is 1. The summed E-state index contributed by atoms with van der Waals surface area (Å²) in [6.45, 7) is 9.08. The van der Waals surface area contributed by atoms with E-state index in [1.165, 1.54) is 69.2 Å². The van der Waals surface area contributed by atoms with Crippen molar-refractivity contribution in [2.45, 2.75) is 72.1 Å². The van der Waals surface area contributed by atoms with Crippen LogP contribution in [0.15, 0.2) is 12.1 Å². The van der Waals surface area contributed by atoms with Crippen LogP contribution in [0.3, 0.4) is 0 Å². The molecule has 0 atom stereocenters. The monoisotopic (exact) mass is 358 g/mol. The van der Waals surface area contributed by atoms with E-state index in [-0.39, 0.29) is 0 Å². The Kier molecular flexibility index (Phi) is 8.43. The summed E-state index contributed by atoms with van der Waals surface area (Å²) in [7, 11) is 2.22. The van der Waals surface area contributed by atoms with Crippen molar-refractivity contribution in [2.24, 2.45) is 5.92 Å². The zero-order valence-corrected chi connectivity index (χ0v) is 17.3. The van der Waals surface area contributed by atoms with Gasteiger partial charge >= 0.3 is 0 Å². The number of fused-ring (bicyclic) bond motifs is 1. The molecule has 4 heteroatoms. The van der Waals surface area contributed by atoms with E-state index >= 15 is 0 Å². The third-order valence-corrected chi connectivity index (χ3v) is 5.58. The molecular formula is C22H38N4. The van der Waals surface area contributed by atoms with E-state index in [9.17, 15) is 0 Å². The van der Waals surface area contributed by atoms with Gasteiger partial charge < -0.3 is 10.6 Å². The molecule has 0 aliphatic carbocycles. The number of piperidine rings is 1. The van der Waals surface area contributed by atoms with Crippen molar-refractivity contribution in [1.29, 1.82) is 0 Å². The lowest BCUT2D eigenvalue weighted by molar-refractivity contribution is 0.212. The number of nitrogens with zero attached hydrogens (tertiary/aromatic N) is 2. The summed E-state index contributed by atoms with van der Waals surface area (Å²) in [6.07, 6.45) is 10.7. The van der Waals surface area contributed by atoms with Crippen molar-refractivity contribution in [2.75, 3.05) is 25.9 Å². The fourth-order valence-electron chi connectivity index (χ4n) is 3.83. The van der Waals surface area contributed by atoms with Crippen molar-refractivity contribution in [1.82, 2.24) is 15.1 Å². The van der Waals surface area contributed by atoms with E-state index < -0.39 is 0 Å². The molecule has 2 aromatic rings. The number of aromatic amines is 1. The molecule has 4 nitrogen and oxygen atoms in total. The topological polar surface area (TPSA) is 57.9 Å². The molecule has 1 aliphatic rings. The van der Waals surface area contributed by atoms with Gasteiger partial charge in [0.2, 0.25) is 0 Å². The lowest BCUT2D eigenvalue weighted by atomic mass is 9.90. The predicted molar refractivity (Wildman–Crippen MR) is 114 cm³/mol. The van der Waals surface area contributed by atoms with Gasteiger partial charge in [0.1, 0.15) is 0 Å². The molecule has 1 fully saturated rings. The van der Waals surface area contributed by atoms with E-state index in [4.69, 9.17) is 5.73 Å². The second-order valence-corrected chi connectivity index (χ2v) is 7.94. The van der Waals surface area contributed by atoms with Crippen molar-refractivity contribution in [3.05, 3.63) is 23.3 Å². The molecule has 3 N–H and O–H groups in total. The van der Waals surface area contributed by atoms with Gasteiger partial charge in [-0.25, -0.2) is 0 Å². The van der Waals surface area contributed by atoms with Crippen LogP contribution in [0.25, 0.3) is 10.9 Å². The van der Waals surface area contributed by atoms with Gasteiger partial charge in [0.05, 0.1) is 5.52 Å². The van der Waals surface area contributed by atoms with Gasteiger partial charge in [0, 0.05) is 5.39 Å². The fourth-order valence-corrected chi connectivity index (χ4v) is 3.83. The number of unbranched alkanes of at least 4 members (excludes halogenated alkanes) is 3. The molecule has 1 aromatic heterocycles. The minimum Gasteiger partial charge on any atom is -0.382 e. The lowest BCUT2D eigenvalue weighted by Gasteiger charge is -2.28. The Morgan fingerprint density at radius 3 is 2.42 bits per heavy atom. The summed E-state index contributed by atoms with van der Waals surface area (Å²) < 4.78 is 0. The number of rotatable bonds is 6. The maximum Gasteiger partial charge on any atom is 0.153 e. The van der Waals surface area contributed by atoms with Gasteiger partial charge in [-0.3, -0.25) is 5.10 Å². The quantitative estimate of drug-likeness (QED) is 0.688. The Bertz CT molecular complexity index is 649. The number of likely N-dealkylation sites (tertiary alicyclic amines) is 1. The lowest BCUT2D eigenvalue weighted by Crippen LogP contribution is -2.30. The standard InChI is InChI=1S/C16H24N4.C6H14/c1-11-9-13(10-14-15(11)16(17)19-18-14)4-3-12-5-7-20(2)8-6-12;1-3-5-6-4-2/h9-10,12H,3-8H2,1-2H3,(H3,17,18,19);3-6H2,1-2H3. The summed E-state index contributed by atoms with van der Waals surface area (Å²) >= 11 is 0. The molecule has 26 heavy (non-hydrogen) atoms. The molecule has 1 aromatic carbocycles. The minimum absolute atomic E-state index is 0.611. The molecule has 1 saturated heterocycles. The zero-order chi connectivity index (χ0) is 18.9. The first-order valence-corrected chi connectivity index (χ1v) is 10.5. The second kappa shape index (κ2) is 10.6. The van der Waals surface area contributed by atoms with Crippen molar-refractivity contribution >= 4 is 16.7 Å². The predicted octanol–water partition coefficient (Wildman–Crippen LogP) is 5.31. The van der Waals surface area contributed by atoms with Crippen molar-refractivity contribution in [3.8, 4) is 0 Å². The van der Waals surface area contributed by atoms with Crippen LogP contribution in [-0.4, -0.2) is 35.2 Å². The first-order chi connectivity index (χ1) is 12.5. The smallest absolute Gasteiger partial charge is 0.153 e.